The first-order chi connectivity index (χ1) is 13.7. The highest BCUT2D eigenvalue weighted by Crippen LogP contribution is 2.33. The Bertz CT molecular complexity index is 759. The van der Waals surface area contributed by atoms with E-state index >= 15 is 0 Å². The van der Waals surface area contributed by atoms with Crippen LogP contribution >= 0.6 is 0 Å². The minimum atomic E-state index is 0.165. The lowest BCUT2D eigenvalue weighted by Crippen LogP contribution is -2.30. The van der Waals surface area contributed by atoms with Crippen LogP contribution < -0.4 is 14.2 Å². The molecule has 150 valence electrons. The van der Waals surface area contributed by atoms with E-state index in [4.69, 9.17) is 14.2 Å². The van der Waals surface area contributed by atoms with Crippen LogP contribution in [0.2, 0.25) is 0 Å². The summed E-state index contributed by atoms with van der Waals surface area (Å²) in [6.45, 7) is 3.87. The van der Waals surface area contributed by atoms with Crippen LogP contribution in [0.25, 0.3) is 0 Å². The molecule has 0 bridgehead atoms. The Morgan fingerprint density at radius 3 is 2.46 bits per heavy atom. The zero-order chi connectivity index (χ0) is 19.8. The molecule has 1 amide bonds. The number of ether oxygens (including phenoxy) is 3. The molecule has 1 fully saturated rings. The number of hydrogen-bond acceptors (Lipinski definition) is 4. The molecule has 1 aliphatic heterocycles. The van der Waals surface area contributed by atoms with Crippen molar-refractivity contribution in [2.24, 2.45) is 0 Å². The third kappa shape index (κ3) is 4.97. The fourth-order valence-electron chi connectivity index (χ4n) is 3.63. The van der Waals surface area contributed by atoms with Crippen LogP contribution in [0, 0.1) is 0 Å². The number of carbonyl (C=O) groups is 1. The molecule has 0 spiro atoms. The fourth-order valence-corrected chi connectivity index (χ4v) is 3.63. The van der Waals surface area contributed by atoms with Crippen molar-refractivity contribution in [3.63, 3.8) is 0 Å². The zero-order valence-corrected chi connectivity index (χ0v) is 16.7. The molecule has 0 aliphatic carbocycles. The minimum absolute atomic E-state index is 0.165. The lowest BCUT2D eigenvalue weighted by atomic mass is 10.0. The molecular weight excluding hydrogens is 354 g/mol. The average Bonchev–Trinajstić information content (AvgIpc) is 3.22. The van der Waals surface area contributed by atoms with Gasteiger partial charge in [0.2, 0.25) is 5.91 Å². The number of methoxy groups -OCH3 is 1. The maximum Gasteiger partial charge on any atom is 0.223 e. The molecule has 1 atom stereocenters. The van der Waals surface area contributed by atoms with E-state index < -0.39 is 0 Å². The van der Waals surface area contributed by atoms with Gasteiger partial charge in [0.25, 0.3) is 0 Å². The summed E-state index contributed by atoms with van der Waals surface area (Å²) in [5, 5.41) is 0. The normalized spacial score (nSPS) is 16.1. The standard InChI is InChI=1S/C23H29NO4/c1-3-27-21-9-4-5-10-22(21)28-17-7-11-23(25)24-16-6-8-20(24)18-12-14-19(26-2)15-13-18/h4-5,9-10,12-15,20H,3,6-8,11,16-17H2,1-2H3/t20-/m0/s1. The number of benzene rings is 2. The maximum atomic E-state index is 12.8. The number of hydrogen-bond donors (Lipinski definition) is 0. The molecular formula is C23H29NO4. The van der Waals surface area contributed by atoms with Crippen LogP contribution in [0.3, 0.4) is 0 Å². The van der Waals surface area contributed by atoms with Gasteiger partial charge in [-0.05, 0) is 56.0 Å². The summed E-state index contributed by atoms with van der Waals surface area (Å²) in [5.41, 5.74) is 1.17. The molecule has 1 aliphatic rings. The Labute approximate surface area is 167 Å². The van der Waals surface area contributed by atoms with Crippen molar-refractivity contribution in [1.29, 1.82) is 0 Å². The van der Waals surface area contributed by atoms with Crippen LogP contribution in [0.1, 0.15) is 44.2 Å². The van der Waals surface area contributed by atoms with E-state index in [0.29, 0.717) is 26.1 Å². The molecule has 2 aromatic carbocycles. The van der Waals surface area contributed by atoms with Crippen LogP contribution in [-0.4, -0.2) is 37.7 Å². The molecule has 0 N–H and O–H groups in total. The van der Waals surface area contributed by atoms with E-state index in [9.17, 15) is 4.79 Å². The molecule has 3 rings (SSSR count). The van der Waals surface area contributed by atoms with Gasteiger partial charge in [0, 0.05) is 13.0 Å². The van der Waals surface area contributed by atoms with Gasteiger partial charge in [-0.3, -0.25) is 4.79 Å². The first-order valence-electron chi connectivity index (χ1n) is 10.0. The highest BCUT2D eigenvalue weighted by molar-refractivity contribution is 5.77. The molecule has 0 unspecified atom stereocenters. The predicted molar refractivity (Wildman–Crippen MR) is 109 cm³/mol. The lowest BCUT2D eigenvalue weighted by molar-refractivity contribution is -0.132. The van der Waals surface area contributed by atoms with Gasteiger partial charge in [-0.15, -0.1) is 0 Å². The highest BCUT2D eigenvalue weighted by atomic mass is 16.5. The second-order valence-corrected chi connectivity index (χ2v) is 6.85. The molecule has 28 heavy (non-hydrogen) atoms. The van der Waals surface area contributed by atoms with Crippen molar-refractivity contribution < 1.29 is 19.0 Å². The van der Waals surface area contributed by atoms with Crippen molar-refractivity contribution in [3.8, 4) is 17.2 Å². The van der Waals surface area contributed by atoms with Crippen molar-refractivity contribution in [1.82, 2.24) is 4.90 Å². The summed E-state index contributed by atoms with van der Waals surface area (Å²) in [5.74, 6) is 2.51. The van der Waals surface area contributed by atoms with Crippen molar-refractivity contribution >= 4 is 5.91 Å². The molecule has 1 heterocycles. The summed E-state index contributed by atoms with van der Waals surface area (Å²) in [4.78, 5) is 14.8. The fraction of sp³-hybridized carbons (Fsp3) is 0.435. The summed E-state index contributed by atoms with van der Waals surface area (Å²) in [6, 6.07) is 15.8. The third-order valence-corrected chi connectivity index (χ3v) is 5.02. The Morgan fingerprint density at radius 2 is 1.79 bits per heavy atom. The van der Waals surface area contributed by atoms with Gasteiger partial charge in [-0.1, -0.05) is 24.3 Å². The van der Waals surface area contributed by atoms with Crippen LogP contribution in [0.15, 0.2) is 48.5 Å². The van der Waals surface area contributed by atoms with Gasteiger partial charge in [0.05, 0.1) is 26.4 Å². The van der Waals surface area contributed by atoms with Gasteiger partial charge in [0.15, 0.2) is 11.5 Å². The van der Waals surface area contributed by atoms with E-state index in [1.165, 1.54) is 5.56 Å². The summed E-state index contributed by atoms with van der Waals surface area (Å²) < 4.78 is 16.6. The first-order valence-corrected chi connectivity index (χ1v) is 10.0. The molecule has 2 aromatic rings. The molecule has 5 nitrogen and oxygen atoms in total. The maximum absolute atomic E-state index is 12.8. The van der Waals surface area contributed by atoms with Gasteiger partial charge < -0.3 is 19.1 Å². The van der Waals surface area contributed by atoms with E-state index in [-0.39, 0.29) is 11.9 Å². The second-order valence-electron chi connectivity index (χ2n) is 6.85. The Balaban J connectivity index is 1.50. The van der Waals surface area contributed by atoms with Crippen molar-refractivity contribution in [2.75, 3.05) is 26.9 Å². The number of likely N-dealkylation sites (tertiary alicyclic amines) is 1. The van der Waals surface area contributed by atoms with Gasteiger partial charge in [-0.25, -0.2) is 0 Å². The summed E-state index contributed by atoms with van der Waals surface area (Å²) >= 11 is 0. The van der Waals surface area contributed by atoms with Crippen LogP contribution in [0.4, 0.5) is 0 Å². The van der Waals surface area contributed by atoms with Crippen LogP contribution in [0.5, 0.6) is 17.2 Å². The van der Waals surface area contributed by atoms with Gasteiger partial charge >= 0.3 is 0 Å². The Hall–Kier alpha value is -2.69. The topological polar surface area (TPSA) is 48.0 Å². The summed E-state index contributed by atoms with van der Waals surface area (Å²) in [6.07, 6.45) is 3.23. The summed E-state index contributed by atoms with van der Waals surface area (Å²) in [7, 11) is 1.66. The van der Waals surface area contributed by atoms with E-state index in [1.54, 1.807) is 7.11 Å². The molecule has 0 saturated carbocycles. The molecule has 0 aromatic heterocycles. The molecule has 5 heteroatoms. The Morgan fingerprint density at radius 1 is 1.07 bits per heavy atom. The van der Waals surface area contributed by atoms with Gasteiger partial charge in [0.1, 0.15) is 5.75 Å². The number of nitrogens with zero attached hydrogens (tertiary/aromatic N) is 1. The quantitative estimate of drug-likeness (QED) is 0.593. The minimum Gasteiger partial charge on any atom is -0.497 e. The predicted octanol–water partition coefficient (Wildman–Crippen LogP) is 4.62. The van der Waals surface area contributed by atoms with Crippen molar-refractivity contribution in [2.45, 2.75) is 38.6 Å². The number of para-hydroxylation sites is 2. The monoisotopic (exact) mass is 383 g/mol. The third-order valence-electron chi connectivity index (χ3n) is 5.02. The van der Waals surface area contributed by atoms with E-state index in [1.807, 2.05) is 48.2 Å². The molecule has 1 saturated heterocycles. The SMILES string of the molecule is CCOc1ccccc1OCCCC(=O)N1CCC[C@H]1c1ccc(OC)cc1. The van der Waals surface area contributed by atoms with Gasteiger partial charge in [-0.2, -0.15) is 0 Å². The van der Waals surface area contributed by atoms with E-state index in [0.717, 1.165) is 36.6 Å². The first kappa shape index (κ1) is 20.1. The average molecular weight is 383 g/mol. The smallest absolute Gasteiger partial charge is 0.223 e. The Kier molecular flexibility index (Phi) is 7.18. The number of rotatable bonds is 9. The molecule has 0 radical (unpaired) electrons. The number of carbonyl (C=O) groups excluding carboxylic acids is 1. The second kappa shape index (κ2) is 10.0. The van der Waals surface area contributed by atoms with E-state index in [2.05, 4.69) is 12.1 Å². The highest BCUT2D eigenvalue weighted by Gasteiger charge is 2.29. The van der Waals surface area contributed by atoms with Crippen LogP contribution in [-0.2, 0) is 4.79 Å². The number of amides is 1. The largest absolute Gasteiger partial charge is 0.497 e. The lowest BCUT2D eigenvalue weighted by Gasteiger charge is -2.25. The van der Waals surface area contributed by atoms with Crippen molar-refractivity contribution in [3.05, 3.63) is 54.1 Å². The zero-order valence-electron chi connectivity index (χ0n) is 16.7.